The lowest BCUT2D eigenvalue weighted by molar-refractivity contribution is 0.506. The molecule has 0 amide bonds. The molecule has 104 valence electrons. The fourth-order valence-electron chi connectivity index (χ4n) is 2.36. The topological polar surface area (TPSA) is 33.7 Å². The Morgan fingerprint density at radius 1 is 1.20 bits per heavy atom. The Labute approximate surface area is 126 Å². The lowest BCUT2D eigenvalue weighted by Crippen LogP contribution is -2.14. The molecule has 0 saturated heterocycles. The Bertz CT molecular complexity index is 716. The van der Waals surface area contributed by atoms with Gasteiger partial charge in [-0.15, -0.1) is 0 Å². The molecule has 0 aliphatic rings. The highest BCUT2D eigenvalue weighted by Gasteiger charge is 2.13. The van der Waals surface area contributed by atoms with Crippen LogP contribution in [-0.4, -0.2) is 23.5 Å². The van der Waals surface area contributed by atoms with Gasteiger partial charge in [-0.2, -0.15) is 0 Å². The third-order valence-corrected chi connectivity index (χ3v) is 3.88. The van der Waals surface area contributed by atoms with E-state index in [2.05, 4.69) is 42.3 Å². The van der Waals surface area contributed by atoms with Gasteiger partial charge in [0, 0.05) is 26.9 Å². The molecule has 5 heteroatoms. The summed E-state index contributed by atoms with van der Waals surface area (Å²) in [6.45, 7) is 0. The van der Waals surface area contributed by atoms with Gasteiger partial charge in [0.2, 0.25) is 0 Å². The second-order valence-electron chi connectivity index (χ2n) is 4.90. The van der Waals surface area contributed by atoms with Gasteiger partial charge in [-0.25, -0.2) is 4.98 Å². The molecule has 0 fully saturated rings. The zero-order valence-corrected chi connectivity index (χ0v) is 13.1. The molecule has 20 heavy (non-hydrogen) atoms. The van der Waals surface area contributed by atoms with Crippen LogP contribution in [0.25, 0.3) is 5.52 Å². The number of rotatable bonds is 4. The Balaban J connectivity index is 2.01. The van der Waals surface area contributed by atoms with E-state index >= 15 is 0 Å². The Morgan fingerprint density at radius 2 is 2.05 bits per heavy atom. The fraction of sp³-hybridized carbons (Fsp3) is 0.267. The molecule has 0 unspecified atom stereocenters. The minimum atomic E-state index is 0.838. The number of imidazole rings is 1. The van der Waals surface area contributed by atoms with Gasteiger partial charge < -0.3 is 9.32 Å². The molecule has 0 aliphatic carbocycles. The van der Waals surface area contributed by atoms with E-state index < -0.39 is 0 Å². The number of aromatic nitrogens is 2. The number of hydrogen-bond acceptors (Lipinski definition) is 3. The summed E-state index contributed by atoms with van der Waals surface area (Å²) >= 11 is 3.55. The van der Waals surface area contributed by atoms with Crippen LogP contribution in [0.2, 0.25) is 0 Å². The first kappa shape index (κ1) is 13.2. The summed E-state index contributed by atoms with van der Waals surface area (Å²) < 4.78 is 8.46. The van der Waals surface area contributed by atoms with Crippen molar-refractivity contribution >= 4 is 27.3 Å². The lowest BCUT2D eigenvalue weighted by Gasteiger charge is -2.16. The predicted octanol–water partition coefficient (Wildman–Crippen LogP) is 3.54. The van der Waals surface area contributed by atoms with E-state index in [1.807, 2.05) is 32.3 Å². The van der Waals surface area contributed by atoms with Crippen molar-refractivity contribution in [2.45, 2.75) is 12.8 Å². The summed E-state index contributed by atoms with van der Waals surface area (Å²) in [6, 6.07) is 10.1. The lowest BCUT2D eigenvalue weighted by atomic mass is 10.2. The third-order valence-electron chi connectivity index (χ3n) is 3.30. The normalized spacial score (nSPS) is 11.2. The minimum Gasteiger partial charge on any atom is -0.469 e. The van der Waals surface area contributed by atoms with Crippen LogP contribution in [0.15, 0.2) is 45.6 Å². The summed E-state index contributed by atoms with van der Waals surface area (Å²) in [5.41, 5.74) is 1.09. The van der Waals surface area contributed by atoms with Crippen LogP contribution in [0.5, 0.6) is 0 Å². The number of hydrogen-bond donors (Lipinski definition) is 0. The number of pyridine rings is 1. The molecule has 0 saturated carbocycles. The SMILES string of the molecule is CN(C)c1cccc2c(Br)nc(CCc3ccco3)n12. The predicted molar refractivity (Wildman–Crippen MR) is 83.3 cm³/mol. The Hall–Kier alpha value is -1.75. The first-order valence-electron chi connectivity index (χ1n) is 6.52. The van der Waals surface area contributed by atoms with Crippen LogP contribution in [0, 0.1) is 0 Å². The molecule has 0 spiro atoms. The van der Waals surface area contributed by atoms with Crippen molar-refractivity contribution in [3.05, 3.63) is 52.8 Å². The summed E-state index contributed by atoms with van der Waals surface area (Å²) in [7, 11) is 4.08. The number of halogens is 1. The number of furan rings is 1. The highest BCUT2D eigenvalue weighted by Crippen LogP contribution is 2.25. The summed E-state index contributed by atoms with van der Waals surface area (Å²) in [6.07, 6.45) is 3.39. The average molecular weight is 334 g/mol. The van der Waals surface area contributed by atoms with Gasteiger partial charge in [-0.1, -0.05) is 6.07 Å². The maximum absolute atomic E-state index is 5.39. The molecule has 3 heterocycles. The van der Waals surface area contributed by atoms with Crippen LogP contribution in [0.1, 0.15) is 11.6 Å². The maximum Gasteiger partial charge on any atom is 0.132 e. The summed E-state index contributed by atoms with van der Waals surface area (Å²) in [5.74, 6) is 3.14. The molecule has 0 atom stereocenters. The second kappa shape index (κ2) is 5.32. The van der Waals surface area contributed by atoms with Crippen molar-refractivity contribution in [3.8, 4) is 0 Å². The monoisotopic (exact) mass is 333 g/mol. The first-order valence-corrected chi connectivity index (χ1v) is 7.31. The molecule has 0 aromatic carbocycles. The van der Waals surface area contributed by atoms with Crippen molar-refractivity contribution in [2.75, 3.05) is 19.0 Å². The highest BCUT2D eigenvalue weighted by atomic mass is 79.9. The number of anilines is 1. The highest BCUT2D eigenvalue weighted by molar-refractivity contribution is 9.10. The van der Waals surface area contributed by atoms with Gasteiger partial charge in [-0.05, 0) is 40.2 Å². The largest absolute Gasteiger partial charge is 0.469 e. The molecular formula is C15H16BrN3O. The molecule has 3 aromatic rings. The quantitative estimate of drug-likeness (QED) is 0.732. The molecule has 3 rings (SSSR count). The van der Waals surface area contributed by atoms with Gasteiger partial charge in [0.1, 0.15) is 22.0 Å². The van der Waals surface area contributed by atoms with Gasteiger partial charge in [0.05, 0.1) is 11.8 Å². The third kappa shape index (κ3) is 2.33. The van der Waals surface area contributed by atoms with Crippen LogP contribution >= 0.6 is 15.9 Å². The fourth-order valence-corrected chi connectivity index (χ4v) is 2.87. The van der Waals surface area contributed by atoms with E-state index in [0.717, 1.165) is 40.4 Å². The zero-order valence-electron chi connectivity index (χ0n) is 11.5. The second-order valence-corrected chi connectivity index (χ2v) is 5.65. The van der Waals surface area contributed by atoms with Crippen LogP contribution in [0.3, 0.4) is 0 Å². The average Bonchev–Trinajstić information content (AvgIpc) is 3.05. The standard InChI is InChI=1S/C15H16BrN3O/c1-18(2)14-7-3-6-12-15(16)17-13(19(12)14)9-8-11-5-4-10-20-11/h3-7,10H,8-9H2,1-2H3. The first-order chi connectivity index (χ1) is 9.66. The molecular weight excluding hydrogens is 318 g/mol. The van der Waals surface area contributed by atoms with Gasteiger partial charge in [-0.3, -0.25) is 4.40 Å². The minimum absolute atomic E-state index is 0.838. The van der Waals surface area contributed by atoms with Gasteiger partial charge in [0.25, 0.3) is 0 Å². The maximum atomic E-state index is 5.39. The smallest absolute Gasteiger partial charge is 0.132 e. The van der Waals surface area contributed by atoms with E-state index in [1.54, 1.807) is 6.26 Å². The van der Waals surface area contributed by atoms with Crippen molar-refractivity contribution in [1.29, 1.82) is 0 Å². The Morgan fingerprint density at radius 3 is 2.75 bits per heavy atom. The van der Waals surface area contributed by atoms with E-state index in [9.17, 15) is 0 Å². The van der Waals surface area contributed by atoms with E-state index in [1.165, 1.54) is 0 Å². The van der Waals surface area contributed by atoms with E-state index in [0.29, 0.717) is 0 Å². The van der Waals surface area contributed by atoms with Crippen molar-refractivity contribution < 1.29 is 4.42 Å². The Kier molecular flexibility index (Phi) is 3.53. The van der Waals surface area contributed by atoms with Crippen LogP contribution in [0.4, 0.5) is 5.82 Å². The molecule has 0 radical (unpaired) electrons. The van der Waals surface area contributed by atoms with Crippen molar-refractivity contribution in [1.82, 2.24) is 9.38 Å². The number of nitrogens with zero attached hydrogens (tertiary/aromatic N) is 3. The number of aryl methyl sites for hydroxylation is 2. The van der Waals surface area contributed by atoms with Crippen LogP contribution in [-0.2, 0) is 12.8 Å². The molecule has 4 nitrogen and oxygen atoms in total. The molecule has 0 aliphatic heterocycles. The van der Waals surface area contributed by atoms with Crippen LogP contribution < -0.4 is 4.90 Å². The van der Waals surface area contributed by atoms with Gasteiger partial charge >= 0.3 is 0 Å². The summed E-state index contributed by atoms with van der Waals surface area (Å²) in [5, 5.41) is 0. The number of fused-ring (bicyclic) bond motifs is 1. The van der Waals surface area contributed by atoms with E-state index in [4.69, 9.17) is 4.42 Å². The van der Waals surface area contributed by atoms with Crippen molar-refractivity contribution in [3.63, 3.8) is 0 Å². The van der Waals surface area contributed by atoms with E-state index in [-0.39, 0.29) is 0 Å². The molecule has 3 aromatic heterocycles. The summed E-state index contributed by atoms with van der Waals surface area (Å²) in [4.78, 5) is 6.74. The van der Waals surface area contributed by atoms with Gasteiger partial charge in [0.15, 0.2) is 0 Å². The van der Waals surface area contributed by atoms with Crippen molar-refractivity contribution in [2.24, 2.45) is 0 Å². The molecule has 0 bridgehead atoms. The molecule has 0 N–H and O–H groups in total. The zero-order chi connectivity index (χ0) is 14.1.